The molecule has 0 saturated carbocycles. The van der Waals surface area contributed by atoms with E-state index < -0.39 is 7.42 Å². The van der Waals surface area contributed by atoms with Crippen molar-refractivity contribution in [3.8, 4) is 0 Å². The number of hydrogen-bond donors (Lipinski definition) is 0. The van der Waals surface area contributed by atoms with Crippen LogP contribution in [0.3, 0.4) is 0 Å². The molecule has 0 aromatic heterocycles. The Bertz CT molecular complexity index is 237. The molecule has 11 heavy (non-hydrogen) atoms. The molecule has 0 heterocycles. The lowest BCUT2D eigenvalue weighted by atomic mass is 10.2. The van der Waals surface area contributed by atoms with Crippen molar-refractivity contribution >= 4 is 41.2 Å². The van der Waals surface area contributed by atoms with E-state index in [0.29, 0.717) is 0 Å². The molecule has 0 amide bonds. The standard InChI is InChI=1S/C7H7Cl3Si/c8-7-4-2-1-3-6(7)5-11(9)10/h1-4,11H,5H2. The van der Waals surface area contributed by atoms with Gasteiger partial charge in [0, 0.05) is 5.02 Å². The average molecular weight is 226 g/mol. The van der Waals surface area contributed by atoms with E-state index >= 15 is 0 Å². The van der Waals surface area contributed by atoms with Gasteiger partial charge in [0.2, 0.25) is 7.42 Å². The van der Waals surface area contributed by atoms with Crippen molar-refractivity contribution < 1.29 is 0 Å². The molecule has 4 heteroatoms. The van der Waals surface area contributed by atoms with Crippen molar-refractivity contribution in [3.05, 3.63) is 34.9 Å². The fourth-order valence-electron chi connectivity index (χ4n) is 0.830. The Morgan fingerprint density at radius 2 is 1.82 bits per heavy atom. The Kier molecular flexibility index (Phi) is 3.73. The van der Waals surface area contributed by atoms with Crippen LogP contribution in [0.15, 0.2) is 24.3 Å². The molecule has 0 aliphatic heterocycles. The Hall–Kier alpha value is 0.307. The highest BCUT2D eigenvalue weighted by molar-refractivity contribution is 7.33. The molecule has 0 unspecified atom stereocenters. The Morgan fingerprint density at radius 1 is 1.18 bits per heavy atom. The van der Waals surface area contributed by atoms with Gasteiger partial charge in [-0.2, -0.15) is 0 Å². The lowest BCUT2D eigenvalue weighted by molar-refractivity contribution is 1.39. The summed E-state index contributed by atoms with van der Waals surface area (Å²) in [6.07, 6.45) is 0. The minimum atomic E-state index is -1.57. The van der Waals surface area contributed by atoms with Gasteiger partial charge in [0.05, 0.1) is 0 Å². The zero-order valence-corrected chi connectivity index (χ0v) is 9.15. The van der Waals surface area contributed by atoms with E-state index in [4.69, 9.17) is 33.8 Å². The summed E-state index contributed by atoms with van der Waals surface area (Å²) in [5, 5.41) is 0.756. The summed E-state index contributed by atoms with van der Waals surface area (Å²) in [6, 6.07) is 8.37. The number of hydrogen-bond acceptors (Lipinski definition) is 0. The van der Waals surface area contributed by atoms with Crippen LogP contribution in [0.5, 0.6) is 0 Å². The van der Waals surface area contributed by atoms with E-state index in [-0.39, 0.29) is 0 Å². The van der Waals surface area contributed by atoms with Gasteiger partial charge >= 0.3 is 0 Å². The minimum Gasteiger partial charge on any atom is -0.150 e. The highest BCUT2D eigenvalue weighted by atomic mass is 35.7. The zero-order valence-electron chi connectivity index (χ0n) is 5.73. The number of rotatable bonds is 2. The van der Waals surface area contributed by atoms with Gasteiger partial charge in [0.15, 0.2) is 0 Å². The van der Waals surface area contributed by atoms with Crippen LogP contribution >= 0.6 is 33.8 Å². The Morgan fingerprint density at radius 3 is 2.36 bits per heavy atom. The van der Waals surface area contributed by atoms with Crippen LogP contribution in [0, 0.1) is 0 Å². The maximum Gasteiger partial charge on any atom is 0.241 e. The van der Waals surface area contributed by atoms with Crippen molar-refractivity contribution in [3.63, 3.8) is 0 Å². The van der Waals surface area contributed by atoms with E-state index in [9.17, 15) is 0 Å². The molecule has 0 saturated heterocycles. The maximum absolute atomic E-state index is 5.87. The van der Waals surface area contributed by atoms with E-state index in [0.717, 1.165) is 16.6 Å². The van der Waals surface area contributed by atoms with Gasteiger partial charge in [-0.1, -0.05) is 29.8 Å². The number of benzene rings is 1. The smallest absolute Gasteiger partial charge is 0.150 e. The fraction of sp³-hybridized carbons (Fsp3) is 0.143. The molecule has 0 bridgehead atoms. The monoisotopic (exact) mass is 224 g/mol. The third-order valence-corrected chi connectivity index (χ3v) is 3.38. The van der Waals surface area contributed by atoms with Gasteiger partial charge in [-0.3, -0.25) is 0 Å². The quantitative estimate of drug-likeness (QED) is 0.536. The van der Waals surface area contributed by atoms with Gasteiger partial charge in [-0.25, -0.2) is 0 Å². The first-order chi connectivity index (χ1) is 5.20. The first kappa shape index (κ1) is 9.40. The first-order valence-corrected chi connectivity index (χ1v) is 7.90. The second kappa shape index (κ2) is 4.36. The number of halogens is 3. The molecule has 0 N–H and O–H groups in total. The van der Waals surface area contributed by atoms with Gasteiger partial charge in [-0.15, -0.1) is 22.2 Å². The lowest BCUT2D eigenvalue weighted by Gasteiger charge is -2.01. The molecule has 1 rings (SSSR count). The molecule has 0 spiro atoms. The largest absolute Gasteiger partial charge is 0.241 e. The Labute approximate surface area is 82.1 Å². The summed E-state index contributed by atoms with van der Waals surface area (Å²) < 4.78 is 0. The van der Waals surface area contributed by atoms with Gasteiger partial charge in [0.25, 0.3) is 0 Å². The summed E-state index contributed by atoms with van der Waals surface area (Å²) in [6.45, 7) is 0. The molecule has 0 atom stereocenters. The minimum absolute atomic E-state index is 0.739. The third-order valence-electron chi connectivity index (χ3n) is 1.33. The zero-order chi connectivity index (χ0) is 8.27. The summed E-state index contributed by atoms with van der Waals surface area (Å²) in [4.78, 5) is 0. The van der Waals surface area contributed by atoms with Crippen LogP contribution in [0.1, 0.15) is 5.56 Å². The van der Waals surface area contributed by atoms with Crippen LogP contribution in [0.2, 0.25) is 5.02 Å². The Balaban J connectivity index is 2.78. The van der Waals surface area contributed by atoms with E-state index in [2.05, 4.69) is 0 Å². The molecule has 0 fully saturated rings. The van der Waals surface area contributed by atoms with Crippen LogP contribution < -0.4 is 0 Å². The van der Waals surface area contributed by atoms with Crippen LogP contribution in [-0.4, -0.2) is 7.42 Å². The predicted molar refractivity (Wildman–Crippen MR) is 54.0 cm³/mol. The predicted octanol–water partition coefficient (Wildman–Crippen LogP) is 3.12. The molecule has 0 radical (unpaired) electrons. The molecular formula is C7H7Cl3Si. The van der Waals surface area contributed by atoms with Gasteiger partial charge in [-0.05, 0) is 17.7 Å². The lowest BCUT2D eigenvalue weighted by Crippen LogP contribution is -1.99. The molecule has 1 aromatic carbocycles. The molecule has 60 valence electrons. The summed E-state index contributed by atoms with van der Waals surface area (Å²) in [7, 11) is -1.57. The first-order valence-electron chi connectivity index (χ1n) is 3.21. The van der Waals surface area contributed by atoms with Crippen LogP contribution in [0.4, 0.5) is 0 Å². The maximum atomic E-state index is 5.87. The molecule has 0 nitrogen and oxygen atoms in total. The third kappa shape index (κ3) is 3.04. The fourth-order valence-corrected chi connectivity index (χ4v) is 2.86. The highest BCUT2D eigenvalue weighted by Gasteiger charge is 2.05. The van der Waals surface area contributed by atoms with Crippen molar-refractivity contribution in [2.45, 2.75) is 6.04 Å². The molecule has 0 aliphatic rings. The van der Waals surface area contributed by atoms with E-state index in [1.165, 1.54) is 0 Å². The van der Waals surface area contributed by atoms with Crippen LogP contribution in [0.25, 0.3) is 0 Å². The molecular weight excluding hydrogens is 219 g/mol. The second-order valence-electron chi connectivity index (χ2n) is 2.19. The summed E-state index contributed by atoms with van der Waals surface area (Å²) in [5.41, 5.74) is 1.05. The van der Waals surface area contributed by atoms with E-state index in [1.807, 2.05) is 24.3 Å². The van der Waals surface area contributed by atoms with Crippen molar-refractivity contribution in [1.29, 1.82) is 0 Å². The second-order valence-corrected chi connectivity index (χ2v) is 7.62. The van der Waals surface area contributed by atoms with Gasteiger partial charge in [0.1, 0.15) is 0 Å². The average Bonchev–Trinajstić information content (AvgIpc) is 1.93. The normalized spacial score (nSPS) is 10.5. The highest BCUT2D eigenvalue weighted by Crippen LogP contribution is 2.17. The van der Waals surface area contributed by atoms with E-state index in [1.54, 1.807) is 0 Å². The van der Waals surface area contributed by atoms with Crippen molar-refractivity contribution in [2.75, 3.05) is 0 Å². The molecule has 0 aliphatic carbocycles. The molecule has 1 aromatic rings. The SMILES string of the molecule is Clc1ccccc1C[SiH](Cl)Cl. The summed E-state index contributed by atoms with van der Waals surface area (Å²) in [5.74, 6) is 0. The van der Waals surface area contributed by atoms with Crippen molar-refractivity contribution in [2.24, 2.45) is 0 Å². The summed E-state index contributed by atoms with van der Waals surface area (Å²) >= 11 is 17.3. The topological polar surface area (TPSA) is 0 Å². The van der Waals surface area contributed by atoms with Crippen molar-refractivity contribution in [1.82, 2.24) is 0 Å². The van der Waals surface area contributed by atoms with Crippen LogP contribution in [-0.2, 0) is 6.04 Å². The van der Waals surface area contributed by atoms with Gasteiger partial charge < -0.3 is 0 Å².